The zero-order valence-electron chi connectivity index (χ0n) is 12.0. The summed E-state index contributed by atoms with van der Waals surface area (Å²) in [5.74, 6) is -1.01. The summed E-state index contributed by atoms with van der Waals surface area (Å²) in [4.78, 5) is 34.7. The Labute approximate surface area is 132 Å². The summed E-state index contributed by atoms with van der Waals surface area (Å²) in [5.41, 5.74) is 3.26. The number of aliphatic hydroxyl groups is 1. The number of carbonyl (C=O) groups excluding carboxylic acids is 3. The molecule has 0 saturated heterocycles. The molecule has 2 rings (SSSR count). The maximum atomic E-state index is 12.5. The van der Waals surface area contributed by atoms with Gasteiger partial charge in [0.05, 0.1) is 0 Å². The molecule has 2 aromatic rings. The van der Waals surface area contributed by atoms with Crippen LogP contribution in [0.2, 0.25) is 0 Å². The molecule has 5 N–H and O–H groups in total. The predicted molar refractivity (Wildman–Crippen MR) is 82.1 cm³/mol. The van der Waals surface area contributed by atoms with Crippen molar-refractivity contribution in [3.8, 4) is 0 Å². The Balaban J connectivity index is 2.41. The summed E-state index contributed by atoms with van der Waals surface area (Å²) in [5, 5.41) is 14.6. The number of hydrogen-bond donors (Lipinski definition) is 4. The Morgan fingerprint density at radius 2 is 1.26 bits per heavy atom. The topological polar surface area (TPSA) is 122 Å². The fourth-order valence-corrected chi connectivity index (χ4v) is 2.12. The number of hydrogen-bond acceptors (Lipinski definition) is 4. The van der Waals surface area contributed by atoms with Gasteiger partial charge in [0.2, 0.25) is 0 Å². The molecule has 23 heavy (non-hydrogen) atoms. The first-order valence-electron chi connectivity index (χ1n) is 6.70. The van der Waals surface area contributed by atoms with Crippen molar-refractivity contribution in [1.29, 1.82) is 0 Å². The van der Waals surface area contributed by atoms with Crippen molar-refractivity contribution in [2.75, 3.05) is 0 Å². The molecule has 0 fully saturated rings. The lowest BCUT2D eigenvalue weighted by atomic mass is 9.85. The van der Waals surface area contributed by atoms with E-state index in [4.69, 9.17) is 5.73 Å². The van der Waals surface area contributed by atoms with E-state index in [0.717, 1.165) is 0 Å². The Hall–Kier alpha value is -3.19. The van der Waals surface area contributed by atoms with Gasteiger partial charge in [0.25, 0.3) is 5.91 Å². The van der Waals surface area contributed by atoms with E-state index >= 15 is 0 Å². The Morgan fingerprint density at radius 3 is 1.65 bits per heavy atom. The third kappa shape index (κ3) is 3.53. The van der Waals surface area contributed by atoms with E-state index < -0.39 is 23.6 Å². The zero-order chi connectivity index (χ0) is 16.9. The average Bonchev–Trinajstić information content (AvgIpc) is 2.54. The lowest BCUT2D eigenvalue weighted by Crippen LogP contribution is -2.52. The van der Waals surface area contributed by atoms with Crippen molar-refractivity contribution in [3.63, 3.8) is 0 Å². The van der Waals surface area contributed by atoms with Crippen LogP contribution in [0.4, 0.5) is 9.59 Å². The van der Waals surface area contributed by atoms with Crippen LogP contribution in [0.3, 0.4) is 0 Å². The smallest absolute Gasteiger partial charge is 0.329 e. The summed E-state index contributed by atoms with van der Waals surface area (Å²) >= 11 is 0. The first kappa shape index (κ1) is 16.2. The summed E-state index contributed by atoms with van der Waals surface area (Å²) < 4.78 is 0. The molecule has 0 aliphatic heterocycles. The minimum absolute atomic E-state index is 0.274. The van der Waals surface area contributed by atoms with E-state index in [9.17, 15) is 19.5 Å². The Morgan fingerprint density at radius 1 is 0.826 bits per heavy atom. The average molecular weight is 313 g/mol. The molecule has 0 bridgehead atoms. The molecule has 0 aliphatic rings. The molecule has 0 atom stereocenters. The van der Waals surface area contributed by atoms with Crippen molar-refractivity contribution in [2.45, 2.75) is 5.60 Å². The van der Waals surface area contributed by atoms with Gasteiger partial charge in [-0.05, 0) is 11.1 Å². The first-order chi connectivity index (χ1) is 10.9. The maximum absolute atomic E-state index is 12.5. The fourth-order valence-electron chi connectivity index (χ4n) is 2.12. The monoisotopic (exact) mass is 313 g/mol. The highest BCUT2D eigenvalue weighted by Crippen LogP contribution is 2.29. The van der Waals surface area contributed by atoms with Crippen LogP contribution in [0.1, 0.15) is 11.1 Å². The van der Waals surface area contributed by atoms with Gasteiger partial charge < -0.3 is 10.8 Å². The highest BCUT2D eigenvalue weighted by molar-refractivity contribution is 6.05. The molecule has 0 aliphatic carbocycles. The van der Waals surface area contributed by atoms with Crippen LogP contribution in [-0.4, -0.2) is 23.1 Å². The van der Waals surface area contributed by atoms with Crippen LogP contribution in [0.5, 0.6) is 0 Å². The van der Waals surface area contributed by atoms with Gasteiger partial charge in [-0.25, -0.2) is 9.59 Å². The minimum Gasteiger partial charge on any atom is -0.372 e. The second-order valence-corrected chi connectivity index (χ2v) is 4.71. The van der Waals surface area contributed by atoms with E-state index in [1.807, 2.05) is 5.32 Å². The third-order valence-electron chi connectivity index (χ3n) is 3.18. The van der Waals surface area contributed by atoms with Crippen molar-refractivity contribution in [3.05, 3.63) is 71.8 Å². The number of nitrogens with one attached hydrogen (secondary N) is 2. The van der Waals surface area contributed by atoms with Gasteiger partial charge in [-0.3, -0.25) is 15.4 Å². The molecule has 0 radical (unpaired) electrons. The highest BCUT2D eigenvalue weighted by Gasteiger charge is 2.40. The van der Waals surface area contributed by atoms with Crippen LogP contribution < -0.4 is 16.4 Å². The summed E-state index contributed by atoms with van der Waals surface area (Å²) in [6.07, 6.45) is 0. The number of nitrogens with two attached hydrogens (primary N) is 1. The number of imide groups is 2. The summed E-state index contributed by atoms with van der Waals surface area (Å²) in [6, 6.07) is 14.1. The number of urea groups is 2. The predicted octanol–water partition coefficient (Wildman–Crippen LogP) is 0.827. The van der Waals surface area contributed by atoms with Crippen molar-refractivity contribution in [1.82, 2.24) is 10.6 Å². The molecule has 7 heteroatoms. The van der Waals surface area contributed by atoms with E-state index in [1.165, 1.54) is 0 Å². The molecule has 0 spiro atoms. The largest absolute Gasteiger partial charge is 0.372 e. The fraction of sp³-hybridized carbons (Fsp3) is 0.0625. The third-order valence-corrected chi connectivity index (χ3v) is 3.18. The first-order valence-corrected chi connectivity index (χ1v) is 6.70. The molecule has 0 unspecified atom stereocenters. The van der Waals surface area contributed by atoms with Gasteiger partial charge in [0, 0.05) is 0 Å². The van der Waals surface area contributed by atoms with Crippen molar-refractivity contribution < 1.29 is 19.5 Å². The molecular weight excluding hydrogens is 298 g/mol. The van der Waals surface area contributed by atoms with Crippen molar-refractivity contribution in [2.24, 2.45) is 5.73 Å². The highest BCUT2D eigenvalue weighted by atomic mass is 16.3. The summed E-state index contributed by atoms with van der Waals surface area (Å²) in [7, 11) is 0. The molecule has 118 valence electrons. The lowest BCUT2D eigenvalue weighted by molar-refractivity contribution is -0.135. The number of rotatable bonds is 3. The van der Waals surface area contributed by atoms with Gasteiger partial charge in [0.15, 0.2) is 5.60 Å². The van der Waals surface area contributed by atoms with E-state index in [0.29, 0.717) is 0 Å². The molecule has 0 aromatic heterocycles. The van der Waals surface area contributed by atoms with E-state index in [1.54, 1.807) is 66.0 Å². The minimum atomic E-state index is -2.10. The number of primary amides is 1. The van der Waals surface area contributed by atoms with Crippen LogP contribution in [-0.2, 0) is 10.4 Å². The zero-order valence-corrected chi connectivity index (χ0v) is 12.0. The van der Waals surface area contributed by atoms with E-state index in [2.05, 4.69) is 0 Å². The summed E-state index contributed by atoms with van der Waals surface area (Å²) in [6.45, 7) is 0. The lowest BCUT2D eigenvalue weighted by Gasteiger charge is -2.27. The van der Waals surface area contributed by atoms with Gasteiger partial charge in [-0.2, -0.15) is 0 Å². The van der Waals surface area contributed by atoms with Crippen LogP contribution in [0, 0.1) is 0 Å². The Kier molecular flexibility index (Phi) is 4.72. The quantitative estimate of drug-likeness (QED) is 0.670. The molecule has 0 saturated carbocycles. The molecular formula is C16H15N3O4. The van der Waals surface area contributed by atoms with Crippen LogP contribution in [0.15, 0.2) is 60.7 Å². The number of benzene rings is 2. The second-order valence-electron chi connectivity index (χ2n) is 4.71. The van der Waals surface area contributed by atoms with E-state index in [-0.39, 0.29) is 11.1 Å². The molecule has 2 aromatic carbocycles. The maximum Gasteiger partial charge on any atom is 0.329 e. The standard InChI is InChI=1S/C16H15N3O4/c17-14(21)19-15(22)18-13(20)16(23,11-7-3-1-4-8-11)12-9-5-2-6-10-12/h1-10,23H,(H4,17,18,19,20,21,22). The van der Waals surface area contributed by atoms with Crippen molar-refractivity contribution >= 4 is 18.0 Å². The van der Waals surface area contributed by atoms with Gasteiger partial charge in [-0.15, -0.1) is 0 Å². The number of amides is 5. The number of carbonyl (C=O) groups is 3. The molecule has 7 nitrogen and oxygen atoms in total. The normalized spacial score (nSPS) is 10.7. The second kappa shape index (κ2) is 6.71. The molecule has 0 heterocycles. The van der Waals surface area contributed by atoms with Crippen LogP contribution in [0.25, 0.3) is 0 Å². The van der Waals surface area contributed by atoms with Gasteiger partial charge in [-0.1, -0.05) is 60.7 Å². The van der Waals surface area contributed by atoms with Crippen LogP contribution >= 0.6 is 0 Å². The van der Waals surface area contributed by atoms with Gasteiger partial charge >= 0.3 is 12.1 Å². The molecule has 5 amide bonds. The SMILES string of the molecule is NC(=O)NC(=O)NC(=O)C(O)(c1ccccc1)c1ccccc1. The Bertz CT molecular complexity index is 677. The van der Waals surface area contributed by atoms with Gasteiger partial charge in [0.1, 0.15) is 0 Å².